The third-order valence-electron chi connectivity index (χ3n) is 4.30. The number of amides is 1. The van der Waals surface area contributed by atoms with Gasteiger partial charge in [0.2, 0.25) is 0 Å². The van der Waals surface area contributed by atoms with E-state index in [0.717, 1.165) is 31.9 Å². The summed E-state index contributed by atoms with van der Waals surface area (Å²) in [4.78, 5) is 21.9. The molecule has 1 saturated heterocycles. The lowest BCUT2D eigenvalue weighted by Gasteiger charge is -2.17. The maximum absolute atomic E-state index is 10.9. The lowest BCUT2D eigenvalue weighted by Crippen LogP contribution is -2.26. The second-order valence-corrected chi connectivity index (χ2v) is 6.49. The van der Waals surface area contributed by atoms with E-state index in [2.05, 4.69) is 51.4 Å². The van der Waals surface area contributed by atoms with Crippen molar-refractivity contribution in [1.82, 2.24) is 20.3 Å². The Balaban J connectivity index is 1.50. The van der Waals surface area contributed by atoms with Crippen LogP contribution in [0.2, 0.25) is 0 Å². The Kier molecular flexibility index (Phi) is 5.93. The maximum atomic E-state index is 10.9. The molecule has 2 aromatic rings. The summed E-state index contributed by atoms with van der Waals surface area (Å²) >= 11 is 0. The fourth-order valence-corrected chi connectivity index (χ4v) is 3.07. The molecule has 2 heterocycles. The number of hydrogen-bond acceptors (Lipinski definition) is 6. The van der Waals surface area contributed by atoms with E-state index in [0.29, 0.717) is 11.7 Å². The van der Waals surface area contributed by atoms with Crippen molar-refractivity contribution in [1.29, 1.82) is 0 Å². The van der Waals surface area contributed by atoms with Gasteiger partial charge in [0.1, 0.15) is 5.82 Å². The standard InChI is InChI=1S/C19H23N5O2/c1-14-3-2-4-15(9-14)12-24-8-7-17(13-24)22-18-11-20-16(10-21-18)5-6-19(25)23-26/h2-6,9-11,17,26H,7-8,12-13H2,1H3,(H,21,22)(H,23,25)/t17-/m1/s1. The first-order valence-corrected chi connectivity index (χ1v) is 8.61. The van der Waals surface area contributed by atoms with Gasteiger partial charge in [0.25, 0.3) is 5.91 Å². The highest BCUT2D eigenvalue weighted by Crippen LogP contribution is 2.17. The average Bonchev–Trinajstić information content (AvgIpc) is 3.07. The van der Waals surface area contributed by atoms with Crippen LogP contribution in [0.5, 0.6) is 0 Å². The molecule has 1 amide bonds. The number of likely N-dealkylation sites (tertiary alicyclic amines) is 1. The summed E-state index contributed by atoms with van der Waals surface area (Å²) in [6.07, 6.45) is 6.98. The van der Waals surface area contributed by atoms with Crippen LogP contribution >= 0.6 is 0 Å². The smallest absolute Gasteiger partial charge is 0.267 e. The molecular weight excluding hydrogens is 330 g/mol. The number of aromatic nitrogens is 2. The molecule has 0 unspecified atom stereocenters. The highest BCUT2D eigenvalue weighted by Gasteiger charge is 2.22. The fraction of sp³-hybridized carbons (Fsp3) is 0.316. The summed E-state index contributed by atoms with van der Waals surface area (Å²) in [6, 6.07) is 8.96. The third kappa shape index (κ3) is 5.11. The number of hydroxylamine groups is 1. The van der Waals surface area contributed by atoms with Crippen molar-refractivity contribution in [3.05, 3.63) is 59.6 Å². The minimum atomic E-state index is -0.603. The summed E-state index contributed by atoms with van der Waals surface area (Å²) in [6.45, 7) is 5.10. The monoisotopic (exact) mass is 353 g/mol. The topological polar surface area (TPSA) is 90.4 Å². The van der Waals surface area contributed by atoms with Gasteiger partial charge in [0.05, 0.1) is 18.1 Å². The molecule has 0 spiro atoms. The third-order valence-corrected chi connectivity index (χ3v) is 4.30. The van der Waals surface area contributed by atoms with E-state index >= 15 is 0 Å². The molecule has 3 N–H and O–H groups in total. The number of nitrogens with one attached hydrogen (secondary N) is 2. The second kappa shape index (κ2) is 8.55. The van der Waals surface area contributed by atoms with Crippen LogP contribution in [0, 0.1) is 6.92 Å². The van der Waals surface area contributed by atoms with Gasteiger partial charge in [-0.15, -0.1) is 0 Å². The van der Waals surface area contributed by atoms with Crippen LogP contribution in [0.25, 0.3) is 6.08 Å². The number of carbonyl (C=O) groups excluding carboxylic acids is 1. The molecule has 7 heteroatoms. The van der Waals surface area contributed by atoms with Gasteiger partial charge in [-0.2, -0.15) is 0 Å². The van der Waals surface area contributed by atoms with Crippen LogP contribution in [0.1, 0.15) is 23.2 Å². The molecule has 3 rings (SSSR count). The van der Waals surface area contributed by atoms with Crippen molar-refractivity contribution in [3.63, 3.8) is 0 Å². The van der Waals surface area contributed by atoms with E-state index in [1.165, 1.54) is 28.8 Å². The SMILES string of the molecule is Cc1cccc(CN2CC[C@@H](Nc3cnc(C=CC(=O)NO)cn3)C2)c1. The number of rotatable bonds is 6. The van der Waals surface area contributed by atoms with Gasteiger partial charge in [-0.25, -0.2) is 10.5 Å². The summed E-state index contributed by atoms with van der Waals surface area (Å²) in [5.74, 6) is 0.116. The summed E-state index contributed by atoms with van der Waals surface area (Å²) in [5, 5.41) is 11.9. The number of nitrogens with zero attached hydrogens (tertiary/aromatic N) is 3. The normalized spacial score (nSPS) is 17.5. The van der Waals surface area contributed by atoms with E-state index in [1.54, 1.807) is 12.4 Å². The van der Waals surface area contributed by atoms with Gasteiger partial charge in [-0.05, 0) is 25.0 Å². The van der Waals surface area contributed by atoms with Crippen LogP contribution in [-0.4, -0.2) is 45.1 Å². The molecule has 0 bridgehead atoms. The molecule has 0 saturated carbocycles. The molecular formula is C19H23N5O2. The molecule has 1 aromatic heterocycles. The molecule has 0 aliphatic carbocycles. The van der Waals surface area contributed by atoms with Crippen molar-refractivity contribution in [3.8, 4) is 0 Å². The van der Waals surface area contributed by atoms with Gasteiger partial charge in [-0.3, -0.25) is 19.9 Å². The van der Waals surface area contributed by atoms with Crippen molar-refractivity contribution >= 4 is 17.8 Å². The van der Waals surface area contributed by atoms with E-state index in [-0.39, 0.29) is 0 Å². The molecule has 7 nitrogen and oxygen atoms in total. The number of aryl methyl sites for hydroxylation is 1. The number of anilines is 1. The Hall–Kier alpha value is -2.77. The maximum Gasteiger partial charge on any atom is 0.267 e. The Morgan fingerprint density at radius 3 is 3.00 bits per heavy atom. The summed E-state index contributed by atoms with van der Waals surface area (Å²) in [5.41, 5.74) is 4.71. The average molecular weight is 353 g/mol. The largest absolute Gasteiger partial charge is 0.365 e. The number of carbonyl (C=O) groups is 1. The van der Waals surface area contributed by atoms with Gasteiger partial charge >= 0.3 is 0 Å². The predicted octanol–water partition coefficient (Wildman–Crippen LogP) is 1.99. The van der Waals surface area contributed by atoms with E-state index < -0.39 is 5.91 Å². The summed E-state index contributed by atoms with van der Waals surface area (Å²) < 4.78 is 0. The molecule has 0 radical (unpaired) electrons. The fourth-order valence-electron chi connectivity index (χ4n) is 3.07. The van der Waals surface area contributed by atoms with Crippen LogP contribution in [-0.2, 0) is 11.3 Å². The van der Waals surface area contributed by atoms with Crippen molar-refractivity contribution in [2.75, 3.05) is 18.4 Å². The zero-order valence-corrected chi connectivity index (χ0v) is 14.7. The van der Waals surface area contributed by atoms with Gasteiger partial charge in [0.15, 0.2) is 0 Å². The highest BCUT2D eigenvalue weighted by atomic mass is 16.5. The van der Waals surface area contributed by atoms with Crippen molar-refractivity contribution in [2.24, 2.45) is 0 Å². The molecule has 1 aliphatic rings. The molecule has 1 fully saturated rings. The van der Waals surface area contributed by atoms with Crippen molar-refractivity contribution in [2.45, 2.75) is 25.9 Å². The zero-order chi connectivity index (χ0) is 18.4. The highest BCUT2D eigenvalue weighted by molar-refractivity contribution is 5.90. The number of benzene rings is 1. The van der Waals surface area contributed by atoms with Crippen LogP contribution in [0.3, 0.4) is 0 Å². The minimum absolute atomic E-state index is 0.343. The van der Waals surface area contributed by atoms with Gasteiger partial charge in [-0.1, -0.05) is 29.8 Å². The quantitative estimate of drug-likeness (QED) is 0.418. The Morgan fingerprint density at radius 1 is 1.38 bits per heavy atom. The molecule has 26 heavy (non-hydrogen) atoms. The van der Waals surface area contributed by atoms with Crippen LogP contribution < -0.4 is 10.8 Å². The molecule has 1 atom stereocenters. The second-order valence-electron chi connectivity index (χ2n) is 6.49. The van der Waals surface area contributed by atoms with Crippen LogP contribution in [0.15, 0.2) is 42.7 Å². The molecule has 1 aromatic carbocycles. The number of hydrogen-bond donors (Lipinski definition) is 3. The van der Waals surface area contributed by atoms with Gasteiger partial charge < -0.3 is 5.32 Å². The Morgan fingerprint density at radius 2 is 2.27 bits per heavy atom. The molecule has 1 aliphatic heterocycles. The Bertz CT molecular complexity index is 776. The van der Waals surface area contributed by atoms with E-state index in [1.807, 2.05) is 0 Å². The lowest BCUT2D eigenvalue weighted by molar-refractivity contribution is -0.124. The van der Waals surface area contributed by atoms with Crippen molar-refractivity contribution < 1.29 is 10.0 Å². The zero-order valence-electron chi connectivity index (χ0n) is 14.7. The predicted molar refractivity (Wildman–Crippen MR) is 99.5 cm³/mol. The Labute approximate surface area is 152 Å². The lowest BCUT2D eigenvalue weighted by atomic mass is 10.1. The van der Waals surface area contributed by atoms with Crippen LogP contribution in [0.4, 0.5) is 5.82 Å². The van der Waals surface area contributed by atoms with E-state index in [4.69, 9.17) is 5.21 Å². The first-order valence-electron chi connectivity index (χ1n) is 8.61. The van der Waals surface area contributed by atoms with E-state index in [9.17, 15) is 4.79 Å². The van der Waals surface area contributed by atoms with Gasteiger partial charge in [0, 0.05) is 31.8 Å². The first-order chi connectivity index (χ1) is 12.6. The first kappa shape index (κ1) is 18.0. The summed E-state index contributed by atoms with van der Waals surface area (Å²) in [7, 11) is 0. The molecule has 136 valence electrons. The minimum Gasteiger partial charge on any atom is -0.365 e.